The van der Waals surface area contributed by atoms with Gasteiger partial charge in [0.2, 0.25) is 5.91 Å². The van der Waals surface area contributed by atoms with Crippen LogP contribution in [-0.2, 0) is 11.3 Å². The Morgan fingerprint density at radius 3 is 3.24 bits per heavy atom. The molecular formula is C13H17N3O. The molecule has 1 aromatic rings. The van der Waals surface area contributed by atoms with Crippen LogP contribution in [0.15, 0.2) is 18.2 Å². The molecule has 2 aliphatic heterocycles. The van der Waals surface area contributed by atoms with E-state index in [4.69, 9.17) is 0 Å². The van der Waals surface area contributed by atoms with Gasteiger partial charge in [0.15, 0.2) is 0 Å². The third kappa shape index (κ3) is 2.05. The maximum Gasteiger partial charge on any atom is 0.221 e. The summed E-state index contributed by atoms with van der Waals surface area (Å²) in [6.07, 6.45) is 1.72. The third-order valence-corrected chi connectivity index (χ3v) is 3.71. The summed E-state index contributed by atoms with van der Waals surface area (Å²) in [6.45, 7) is 3.93. The fourth-order valence-corrected chi connectivity index (χ4v) is 2.90. The topological polar surface area (TPSA) is 45.2 Å². The zero-order valence-corrected chi connectivity index (χ0v) is 10.0. The molecule has 3 rings (SSSR count). The van der Waals surface area contributed by atoms with E-state index in [2.05, 4.69) is 21.3 Å². The number of hydrogen-bond donors (Lipinski definition) is 1. The lowest BCUT2D eigenvalue weighted by molar-refractivity contribution is -0.119. The van der Waals surface area contributed by atoms with E-state index >= 15 is 0 Å². The van der Waals surface area contributed by atoms with Gasteiger partial charge >= 0.3 is 0 Å². The van der Waals surface area contributed by atoms with Crippen LogP contribution < -0.4 is 5.32 Å². The highest BCUT2D eigenvalue weighted by molar-refractivity contribution is 5.79. The minimum Gasteiger partial charge on any atom is -0.352 e. The lowest BCUT2D eigenvalue weighted by atomic mass is 10.1. The SMILES string of the molecule is Cc1cccc(CN2CC[C@@H]3NC(=O)C[C@@H]32)n1. The highest BCUT2D eigenvalue weighted by atomic mass is 16.2. The molecule has 90 valence electrons. The minimum atomic E-state index is 0.196. The van der Waals surface area contributed by atoms with Crippen LogP contribution >= 0.6 is 0 Å². The number of nitrogens with one attached hydrogen (secondary N) is 1. The average molecular weight is 231 g/mol. The van der Waals surface area contributed by atoms with Crippen LogP contribution in [0.2, 0.25) is 0 Å². The van der Waals surface area contributed by atoms with Crippen LogP contribution in [0, 0.1) is 6.92 Å². The zero-order valence-electron chi connectivity index (χ0n) is 10.0. The van der Waals surface area contributed by atoms with Gasteiger partial charge in [-0.2, -0.15) is 0 Å². The van der Waals surface area contributed by atoms with Crippen molar-refractivity contribution in [2.75, 3.05) is 6.54 Å². The Hall–Kier alpha value is -1.42. The minimum absolute atomic E-state index is 0.196. The number of likely N-dealkylation sites (tertiary alicyclic amines) is 1. The van der Waals surface area contributed by atoms with Gasteiger partial charge in [-0.1, -0.05) is 6.07 Å². The second kappa shape index (κ2) is 4.11. The first-order chi connectivity index (χ1) is 8.22. The summed E-state index contributed by atoms with van der Waals surface area (Å²) in [5.41, 5.74) is 2.16. The Bertz CT molecular complexity index is 446. The largest absolute Gasteiger partial charge is 0.352 e. The fraction of sp³-hybridized carbons (Fsp3) is 0.538. The summed E-state index contributed by atoms with van der Waals surface area (Å²) >= 11 is 0. The van der Waals surface area contributed by atoms with Crippen LogP contribution in [0.3, 0.4) is 0 Å². The number of carbonyl (C=O) groups is 1. The molecule has 4 heteroatoms. The third-order valence-electron chi connectivity index (χ3n) is 3.71. The maximum absolute atomic E-state index is 11.4. The van der Waals surface area contributed by atoms with Gasteiger partial charge in [0.25, 0.3) is 0 Å². The van der Waals surface area contributed by atoms with Crippen molar-refractivity contribution < 1.29 is 4.79 Å². The molecule has 0 aromatic carbocycles. The van der Waals surface area contributed by atoms with Crippen molar-refractivity contribution in [2.45, 2.75) is 38.4 Å². The number of fused-ring (bicyclic) bond motifs is 1. The van der Waals surface area contributed by atoms with Crippen LogP contribution in [0.5, 0.6) is 0 Å². The van der Waals surface area contributed by atoms with Gasteiger partial charge in [0, 0.05) is 37.3 Å². The first-order valence-corrected chi connectivity index (χ1v) is 6.18. The van der Waals surface area contributed by atoms with Gasteiger partial charge < -0.3 is 5.32 Å². The molecule has 1 amide bonds. The highest BCUT2D eigenvalue weighted by Crippen LogP contribution is 2.26. The Morgan fingerprint density at radius 2 is 2.41 bits per heavy atom. The molecule has 1 N–H and O–H groups in total. The Balaban J connectivity index is 1.72. The van der Waals surface area contributed by atoms with Crippen molar-refractivity contribution in [1.29, 1.82) is 0 Å². The van der Waals surface area contributed by atoms with Gasteiger partial charge in [-0.15, -0.1) is 0 Å². The summed E-state index contributed by atoms with van der Waals surface area (Å²) in [7, 11) is 0. The van der Waals surface area contributed by atoms with E-state index in [1.54, 1.807) is 0 Å². The number of amides is 1. The molecule has 0 radical (unpaired) electrons. The molecule has 0 saturated carbocycles. The highest BCUT2D eigenvalue weighted by Gasteiger charge is 2.41. The van der Waals surface area contributed by atoms with Gasteiger partial charge in [-0.05, 0) is 25.5 Å². The smallest absolute Gasteiger partial charge is 0.221 e. The summed E-state index contributed by atoms with van der Waals surface area (Å²) in [5, 5.41) is 3.04. The molecule has 0 spiro atoms. The van der Waals surface area contributed by atoms with Gasteiger partial charge in [-0.3, -0.25) is 14.7 Å². The fourth-order valence-electron chi connectivity index (χ4n) is 2.90. The Kier molecular flexibility index (Phi) is 2.59. The molecule has 0 bridgehead atoms. The van der Waals surface area contributed by atoms with Crippen LogP contribution in [-0.4, -0.2) is 34.4 Å². The summed E-state index contributed by atoms with van der Waals surface area (Å²) in [4.78, 5) is 18.3. The number of nitrogens with zero attached hydrogens (tertiary/aromatic N) is 2. The number of carbonyl (C=O) groups excluding carboxylic acids is 1. The average Bonchev–Trinajstić information content (AvgIpc) is 2.80. The maximum atomic E-state index is 11.4. The lowest BCUT2D eigenvalue weighted by Crippen LogP contribution is -2.34. The number of rotatable bonds is 2. The molecule has 2 aliphatic rings. The second-order valence-electron chi connectivity index (χ2n) is 4.97. The van der Waals surface area contributed by atoms with Crippen molar-refractivity contribution in [3.63, 3.8) is 0 Å². The molecule has 17 heavy (non-hydrogen) atoms. The van der Waals surface area contributed by atoms with E-state index in [9.17, 15) is 4.79 Å². The van der Waals surface area contributed by atoms with Crippen molar-refractivity contribution >= 4 is 5.91 Å². The monoisotopic (exact) mass is 231 g/mol. The predicted molar refractivity (Wildman–Crippen MR) is 64.3 cm³/mol. The van der Waals surface area contributed by atoms with E-state index in [0.717, 1.165) is 30.9 Å². The Morgan fingerprint density at radius 1 is 1.53 bits per heavy atom. The van der Waals surface area contributed by atoms with Crippen molar-refractivity contribution in [3.05, 3.63) is 29.6 Å². The van der Waals surface area contributed by atoms with E-state index in [1.165, 1.54) is 0 Å². The second-order valence-corrected chi connectivity index (χ2v) is 4.97. The standard InChI is InChI=1S/C13H17N3O/c1-9-3-2-4-10(14-9)8-16-6-5-11-12(16)7-13(17)15-11/h2-4,11-12H,5-8H2,1H3,(H,15,17)/t11-,12-/m0/s1. The van der Waals surface area contributed by atoms with Crippen LogP contribution in [0.4, 0.5) is 0 Å². The molecule has 2 saturated heterocycles. The summed E-state index contributed by atoms with van der Waals surface area (Å²) < 4.78 is 0. The normalized spacial score (nSPS) is 28.2. The molecule has 0 aliphatic carbocycles. The van der Waals surface area contributed by atoms with Gasteiger partial charge in [-0.25, -0.2) is 0 Å². The quantitative estimate of drug-likeness (QED) is 0.821. The molecule has 3 heterocycles. The van der Waals surface area contributed by atoms with E-state index < -0.39 is 0 Å². The summed E-state index contributed by atoms with van der Waals surface area (Å²) in [6, 6.07) is 6.86. The summed E-state index contributed by atoms with van der Waals surface area (Å²) in [5.74, 6) is 0.196. The number of aromatic nitrogens is 1. The molecule has 0 unspecified atom stereocenters. The zero-order chi connectivity index (χ0) is 11.8. The van der Waals surface area contributed by atoms with Crippen molar-refractivity contribution in [2.24, 2.45) is 0 Å². The first-order valence-electron chi connectivity index (χ1n) is 6.18. The molecule has 2 fully saturated rings. The number of aryl methyl sites for hydroxylation is 1. The van der Waals surface area contributed by atoms with Crippen LogP contribution in [0.25, 0.3) is 0 Å². The van der Waals surface area contributed by atoms with Crippen LogP contribution in [0.1, 0.15) is 24.2 Å². The molecular weight excluding hydrogens is 214 g/mol. The molecule has 1 aromatic heterocycles. The predicted octanol–water partition coefficient (Wildman–Crippen LogP) is 0.853. The number of pyridine rings is 1. The van der Waals surface area contributed by atoms with Gasteiger partial charge in [0.1, 0.15) is 0 Å². The molecule has 2 atom stereocenters. The van der Waals surface area contributed by atoms with Crippen molar-refractivity contribution in [3.8, 4) is 0 Å². The number of hydrogen-bond acceptors (Lipinski definition) is 3. The van der Waals surface area contributed by atoms with Crippen molar-refractivity contribution in [1.82, 2.24) is 15.2 Å². The Labute approximate surface area is 101 Å². The van der Waals surface area contributed by atoms with E-state index in [1.807, 2.05) is 19.1 Å². The first kappa shape index (κ1) is 10.7. The van der Waals surface area contributed by atoms with E-state index in [-0.39, 0.29) is 5.91 Å². The lowest BCUT2D eigenvalue weighted by Gasteiger charge is -2.21. The molecule has 4 nitrogen and oxygen atoms in total. The van der Waals surface area contributed by atoms with E-state index in [0.29, 0.717) is 18.5 Å². The van der Waals surface area contributed by atoms with Gasteiger partial charge in [0.05, 0.1) is 5.69 Å².